The summed E-state index contributed by atoms with van der Waals surface area (Å²) in [5, 5.41) is 3.00. The third-order valence-electron chi connectivity index (χ3n) is 5.38. The Morgan fingerprint density at radius 2 is 1.64 bits per heavy atom. The number of hydrogen-bond acceptors (Lipinski definition) is 4. The number of benzene rings is 2. The summed E-state index contributed by atoms with van der Waals surface area (Å²) >= 11 is 0. The molecule has 1 aliphatic rings. The lowest BCUT2D eigenvalue weighted by Crippen LogP contribution is -2.41. The molecule has 1 heterocycles. The van der Waals surface area contributed by atoms with E-state index in [0.717, 1.165) is 6.42 Å². The van der Waals surface area contributed by atoms with Crippen LogP contribution in [0.5, 0.6) is 0 Å². The zero-order valence-corrected chi connectivity index (χ0v) is 17.1. The number of carbonyl (C=O) groups excluding carboxylic acids is 1. The smallest absolute Gasteiger partial charge is 0.234 e. The third-order valence-corrected chi connectivity index (χ3v) is 7.13. The van der Waals surface area contributed by atoms with Gasteiger partial charge in [0.1, 0.15) is 0 Å². The average molecular weight is 401 g/mol. The molecule has 5 nitrogen and oxygen atoms in total. The van der Waals surface area contributed by atoms with Crippen molar-refractivity contribution in [2.45, 2.75) is 24.8 Å². The second-order valence-electron chi connectivity index (χ2n) is 7.48. The highest BCUT2D eigenvalue weighted by atomic mass is 32.2. The van der Waals surface area contributed by atoms with Gasteiger partial charge in [0.2, 0.25) is 5.91 Å². The van der Waals surface area contributed by atoms with Crippen molar-refractivity contribution < 1.29 is 13.2 Å². The van der Waals surface area contributed by atoms with Crippen LogP contribution in [0.3, 0.4) is 0 Å². The van der Waals surface area contributed by atoms with E-state index in [1.807, 2.05) is 48.3 Å². The van der Waals surface area contributed by atoms with Crippen LogP contribution < -0.4 is 5.32 Å². The maximum Gasteiger partial charge on any atom is 0.234 e. The summed E-state index contributed by atoms with van der Waals surface area (Å²) in [5.41, 5.74) is 2.47. The molecule has 0 aliphatic carbocycles. The minimum absolute atomic E-state index is 0.0582. The van der Waals surface area contributed by atoms with E-state index in [9.17, 15) is 13.2 Å². The standard InChI is InChI=1S/C22H28N2O3S/c1-24(20-13-15-28(26,27)17-20)16-22(25)23-14-12-21(18-8-4-2-5-9-18)19-10-6-3-7-11-19/h2-11,20-21H,12-17H2,1H3,(H,23,25). The van der Waals surface area contributed by atoms with Gasteiger partial charge in [0, 0.05) is 18.5 Å². The minimum atomic E-state index is -2.94. The number of nitrogens with zero attached hydrogens (tertiary/aromatic N) is 1. The number of nitrogens with one attached hydrogen (secondary N) is 1. The van der Waals surface area contributed by atoms with E-state index in [1.165, 1.54) is 11.1 Å². The number of sulfone groups is 1. The molecule has 28 heavy (non-hydrogen) atoms. The van der Waals surface area contributed by atoms with E-state index in [1.54, 1.807) is 0 Å². The molecule has 1 amide bonds. The third kappa shape index (κ3) is 5.66. The molecular formula is C22H28N2O3S. The van der Waals surface area contributed by atoms with Gasteiger partial charge in [-0.1, -0.05) is 60.7 Å². The van der Waals surface area contributed by atoms with E-state index >= 15 is 0 Å². The molecule has 1 unspecified atom stereocenters. The number of likely N-dealkylation sites (N-methyl/N-ethyl adjacent to an activating group) is 1. The predicted octanol–water partition coefficient (Wildman–Crippen LogP) is 2.44. The van der Waals surface area contributed by atoms with E-state index in [2.05, 4.69) is 29.6 Å². The van der Waals surface area contributed by atoms with Crippen molar-refractivity contribution in [3.8, 4) is 0 Å². The molecule has 6 heteroatoms. The van der Waals surface area contributed by atoms with Gasteiger partial charge in [0.05, 0.1) is 18.1 Å². The summed E-state index contributed by atoms with van der Waals surface area (Å²) in [6, 6.07) is 20.6. The van der Waals surface area contributed by atoms with Gasteiger partial charge >= 0.3 is 0 Å². The summed E-state index contributed by atoms with van der Waals surface area (Å²) in [5.74, 6) is 0.535. The molecule has 2 aromatic carbocycles. The quantitative estimate of drug-likeness (QED) is 0.739. The summed E-state index contributed by atoms with van der Waals surface area (Å²) in [6.45, 7) is 0.797. The summed E-state index contributed by atoms with van der Waals surface area (Å²) in [7, 11) is -1.12. The highest BCUT2D eigenvalue weighted by Gasteiger charge is 2.31. The molecule has 1 saturated heterocycles. The molecule has 0 bridgehead atoms. The van der Waals surface area contributed by atoms with Gasteiger partial charge in [0.25, 0.3) is 0 Å². The van der Waals surface area contributed by atoms with Crippen LogP contribution in [0.15, 0.2) is 60.7 Å². The highest BCUT2D eigenvalue weighted by molar-refractivity contribution is 7.91. The van der Waals surface area contributed by atoms with Gasteiger partial charge in [-0.25, -0.2) is 8.42 Å². The van der Waals surface area contributed by atoms with Gasteiger partial charge in [0.15, 0.2) is 9.84 Å². The van der Waals surface area contributed by atoms with Gasteiger partial charge in [-0.15, -0.1) is 0 Å². The van der Waals surface area contributed by atoms with Crippen LogP contribution in [-0.2, 0) is 14.6 Å². The molecule has 0 radical (unpaired) electrons. The Morgan fingerprint density at radius 1 is 1.07 bits per heavy atom. The van der Waals surface area contributed by atoms with Crippen LogP contribution in [-0.4, -0.2) is 56.9 Å². The Balaban J connectivity index is 1.53. The maximum absolute atomic E-state index is 12.3. The molecule has 3 rings (SSSR count). The molecule has 2 aromatic rings. The van der Waals surface area contributed by atoms with Crippen LogP contribution in [0, 0.1) is 0 Å². The Labute approximate surface area is 167 Å². The lowest BCUT2D eigenvalue weighted by molar-refractivity contribution is -0.122. The van der Waals surface area contributed by atoms with Crippen molar-refractivity contribution in [1.29, 1.82) is 0 Å². The fourth-order valence-corrected chi connectivity index (χ4v) is 5.59. The second-order valence-corrected chi connectivity index (χ2v) is 9.71. The molecule has 0 aromatic heterocycles. The largest absolute Gasteiger partial charge is 0.355 e. The minimum Gasteiger partial charge on any atom is -0.355 e. The van der Waals surface area contributed by atoms with Crippen molar-refractivity contribution in [3.05, 3.63) is 71.8 Å². The van der Waals surface area contributed by atoms with E-state index in [-0.39, 0.29) is 35.9 Å². The second kappa shape index (κ2) is 9.34. The van der Waals surface area contributed by atoms with Crippen LogP contribution in [0.2, 0.25) is 0 Å². The maximum atomic E-state index is 12.3. The summed E-state index contributed by atoms with van der Waals surface area (Å²) in [6.07, 6.45) is 1.41. The van der Waals surface area contributed by atoms with Gasteiger partial charge in [-0.05, 0) is 31.0 Å². The fraction of sp³-hybridized carbons (Fsp3) is 0.409. The fourth-order valence-electron chi connectivity index (χ4n) is 3.79. The van der Waals surface area contributed by atoms with E-state index in [4.69, 9.17) is 0 Å². The van der Waals surface area contributed by atoms with Crippen molar-refractivity contribution in [2.24, 2.45) is 0 Å². The van der Waals surface area contributed by atoms with E-state index in [0.29, 0.717) is 13.0 Å². The molecule has 1 N–H and O–H groups in total. The zero-order valence-electron chi connectivity index (χ0n) is 16.3. The first-order valence-corrected chi connectivity index (χ1v) is 11.5. The molecule has 1 aliphatic heterocycles. The normalized spacial score (nSPS) is 18.5. The average Bonchev–Trinajstić information content (AvgIpc) is 3.06. The lowest BCUT2D eigenvalue weighted by Gasteiger charge is -2.23. The highest BCUT2D eigenvalue weighted by Crippen LogP contribution is 2.27. The van der Waals surface area contributed by atoms with Crippen molar-refractivity contribution in [2.75, 3.05) is 31.6 Å². The predicted molar refractivity (Wildman–Crippen MR) is 112 cm³/mol. The number of hydrogen-bond donors (Lipinski definition) is 1. The number of carbonyl (C=O) groups is 1. The number of rotatable bonds is 8. The topological polar surface area (TPSA) is 66.5 Å². The van der Waals surface area contributed by atoms with Crippen LogP contribution in [0.4, 0.5) is 0 Å². The van der Waals surface area contributed by atoms with E-state index < -0.39 is 9.84 Å². The van der Waals surface area contributed by atoms with Crippen molar-refractivity contribution >= 4 is 15.7 Å². The van der Waals surface area contributed by atoms with Crippen LogP contribution in [0.25, 0.3) is 0 Å². The monoisotopic (exact) mass is 400 g/mol. The molecule has 0 spiro atoms. The molecule has 1 atom stereocenters. The first-order valence-electron chi connectivity index (χ1n) is 9.72. The Bertz CT molecular complexity index is 830. The van der Waals surface area contributed by atoms with Gasteiger partial charge in [-0.3, -0.25) is 9.69 Å². The molecule has 150 valence electrons. The molecular weight excluding hydrogens is 372 g/mol. The van der Waals surface area contributed by atoms with Crippen LogP contribution in [0.1, 0.15) is 29.9 Å². The summed E-state index contributed by atoms with van der Waals surface area (Å²) in [4.78, 5) is 14.2. The Kier molecular flexibility index (Phi) is 6.86. The van der Waals surface area contributed by atoms with Gasteiger partial charge in [-0.2, -0.15) is 0 Å². The molecule has 0 saturated carbocycles. The lowest BCUT2D eigenvalue weighted by atomic mass is 9.88. The first-order chi connectivity index (χ1) is 13.4. The Hall–Kier alpha value is -2.18. The first kappa shape index (κ1) is 20.6. The molecule has 1 fully saturated rings. The zero-order chi connectivity index (χ0) is 20.0. The Morgan fingerprint density at radius 3 is 2.14 bits per heavy atom. The SMILES string of the molecule is CN(CC(=O)NCCC(c1ccccc1)c1ccccc1)C1CCS(=O)(=O)C1. The van der Waals surface area contributed by atoms with Crippen LogP contribution >= 0.6 is 0 Å². The van der Waals surface area contributed by atoms with Crippen molar-refractivity contribution in [3.63, 3.8) is 0 Å². The van der Waals surface area contributed by atoms with Crippen molar-refractivity contribution in [1.82, 2.24) is 10.2 Å². The number of amides is 1. The summed E-state index contributed by atoms with van der Waals surface area (Å²) < 4.78 is 23.2. The van der Waals surface area contributed by atoms with Gasteiger partial charge < -0.3 is 5.32 Å².